The molecule has 1 aromatic carbocycles. The SMILES string of the molecule is CCC1CCNC1c1cc(Cl)ccc1OC. The molecule has 0 aliphatic carbocycles. The predicted octanol–water partition coefficient (Wildman–Crippen LogP) is 3.41. The Labute approximate surface area is 102 Å². The van der Waals surface area contributed by atoms with Crippen LogP contribution in [0, 0.1) is 5.92 Å². The van der Waals surface area contributed by atoms with Crippen LogP contribution in [0.5, 0.6) is 5.75 Å². The molecular weight excluding hydrogens is 222 g/mol. The molecule has 0 radical (unpaired) electrons. The monoisotopic (exact) mass is 239 g/mol. The summed E-state index contributed by atoms with van der Waals surface area (Å²) in [4.78, 5) is 0. The highest BCUT2D eigenvalue weighted by Gasteiger charge is 2.28. The van der Waals surface area contributed by atoms with E-state index in [1.807, 2.05) is 18.2 Å². The van der Waals surface area contributed by atoms with E-state index in [2.05, 4.69) is 12.2 Å². The fourth-order valence-corrected chi connectivity index (χ4v) is 2.69. The molecule has 2 unspecified atom stereocenters. The number of ether oxygens (including phenoxy) is 1. The number of halogens is 1. The van der Waals surface area contributed by atoms with E-state index >= 15 is 0 Å². The van der Waals surface area contributed by atoms with Gasteiger partial charge in [-0.2, -0.15) is 0 Å². The highest BCUT2D eigenvalue weighted by Crippen LogP contribution is 2.37. The average molecular weight is 240 g/mol. The average Bonchev–Trinajstić information content (AvgIpc) is 2.76. The zero-order chi connectivity index (χ0) is 11.5. The summed E-state index contributed by atoms with van der Waals surface area (Å²) in [6.07, 6.45) is 2.42. The number of benzene rings is 1. The maximum Gasteiger partial charge on any atom is 0.123 e. The van der Waals surface area contributed by atoms with Crippen molar-refractivity contribution in [1.82, 2.24) is 5.32 Å². The van der Waals surface area contributed by atoms with E-state index in [9.17, 15) is 0 Å². The fraction of sp³-hybridized carbons (Fsp3) is 0.538. The van der Waals surface area contributed by atoms with E-state index in [1.54, 1.807) is 7.11 Å². The van der Waals surface area contributed by atoms with Gasteiger partial charge in [0.2, 0.25) is 0 Å². The summed E-state index contributed by atoms with van der Waals surface area (Å²) < 4.78 is 5.41. The van der Waals surface area contributed by atoms with E-state index in [0.29, 0.717) is 12.0 Å². The van der Waals surface area contributed by atoms with Crippen molar-refractivity contribution in [3.63, 3.8) is 0 Å². The minimum atomic E-state index is 0.388. The summed E-state index contributed by atoms with van der Waals surface area (Å²) in [5.74, 6) is 1.62. The van der Waals surface area contributed by atoms with E-state index < -0.39 is 0 Å². The predicted molar refractivity (Wildman–Crippen MR) is 67.1 cm³/mol. The van der Waals surface area contributed by atoms with Crippen molar-refractivity contribution in [3.8, 4) is 5.75 Å². The van der Waals surface area contributed by atoms with Gasteiger partial charge in [-0.15, -0.1) is 0 Å². The highest BCUT2D eigenvalue weighted by molar-refractivity contribution is 6.30. The third kappa shape index (κ3) is 2.18. The Kier molecular flexibility index (Phi) is 3.72. The summed E-state index contributed by atoms with van der Waals surface area (Å²) in [5, 5.41) is 4.31. The molecule has 2 nitrogen and oxygen atoms in total. The van der Waals surface area contributed by atoms with Gasteiger partial charge in [0.05, 0.1) is 7.11 Å². The first-order chi connectivity index (χ1) is 7.76. The van der Waals surface area contributed by atoms with E-state index in [1.165, 1.54) is 18.4 Å². The lowest BCUT2D eigenvalue weighted by atomic mass is 9.91. The number of hydrogen-bond donors (Lipinski definition) is 1. The molecule has 88 valence electrons. The van der Waals surface area contributed by atoms with Crippen LogP contribution < -0.4 is 10.1 Å². The molecule has 0 amide bonds. The molecule has 1 saturated heterocycles. The first kappa shape index (κ1) is 11.7. The van der Waals surface area contributed by atoms with Crippen LogP contribution in [0.3, 0.4) is 0 Å². The van der Waals surface area contributed by atoms with Gasteiger partial charge in [0, 0.05) is 16.6 Å². The van der Waals surface area contributed by atoms with Gasteiger partial charge in [0.15, 0.2) is 0 Å². The third-order valence-electron chi connectivity index (χ3n) is 3.40. The Hall–Kier alpha value is -0.730. The van der Waals surface area contributed by atoms with Gasteiger partial charge in [-0.25, -0.2) is 0 Å². The Morgan fingerprint density at radius 3 is 3.00 bits per heavy atom. The van der Waals surface area contributed by atoms with Crippen LogP contribution >= 0.6 is 11.6 Å². The van der Waals surface area contributed by atoms with E-state index in [4.69, 9.17) is 16.3 Å². The molecule has 2 atom stereocenters. The molecule has 1 heterocycles. The standard InChI is InChI=1S/C13H18ClNO/c1-3-9-6-7-15-13(9)11-8-10(14)4-5-12(11)16-2/h4-5,8-9,13,15H,3,6-7H2,1-2H3. The van der Waals surface area contributed by atoms with Crippen molar-refractivity contribution in [2.75, 3.05) is 13.7 Å². The maximum atomic E-state index is 6.06. The first-order valence-electron chi connectivity index (χ1n) is 5.83. The van der Waals surface area contributed by atoms with Crippen molar-refractivity contribution in [3.05, 3.63) is 28.8 Å². The molecule has 3 heteroatoms. The number of methoxy groups -OCH3 is 1. The van der Waals surface area contributed by atoms with Crippen molar-refractivity contribution in [2.24, 2.45) is 5.92 Å². The summed E-state index contributed by atoms with van der Waals surface area (Å²) >= 11 is 6.06. The second-order valence-corrected chi connectivity index (χ2v) is 4.71. The minimum absolute atomic E-state index is 0.388. The summed E-state index contributed by atoms with van der Waals surface area (Å²) in [5.41, 5.74) is 1.19. The van der Waals surface area contributed by atoms with Crippen molar-refractivity contribution in [1.29, 1.82) is 0 Å². The lowest BCUT2D eigenvalue weighted by Crippen LogP contribution is -2.18. The van der Waals surface area contributed by atoms with Gasteiger partial charge in [-0.3, -0.25) is 0 Å². The van der Waals surface area contributed by atoms with Gasteiger partial charge in [-0.05, 0) is 37.1 Å². The lowest BCUT2D eigenvalue weighted by molar-refractivity contribution is 0.385. The number of hydrogen-bond acceptors (Lipinski definition) is 2. The molecule has 2 rings (SSSR count). The van der Waals surface area contributed by atoms with Gasteiger partial charge >= 0.3 is 0 Å². The van der Waals surface area contributed by atoms with Crippen molar-refractivity contribution >= 4 is 11.6 Å². The molecule has 0 bridgehead atoms. The Morgan fingerprint density at radius 2 is 2.31 bits per heavy atom. The molecule has 1 aliphatic rings. The summed E-state index contributed by atoms with van der Waals surface area (Å²) in [7, 11) is 1.71. The topological polar surface area (TPSA) is 21.3 Å². The Balaban J connectivity index is 2.34. The third-order valence-corrected chi connectivity index (χ3v) is 3.64. The molecule has 0 aromatic heterocycles. The largest absolute Gasteiger partial charge is 0.496 e. The lowest BCUT2D eigenvalue weighted by Gasteiger charge is -2.21. The molecule has 1 fully saturated rings. The Morgan fingerprint density at radius 1 is 1.50 bits per heavy atom. The molecule has 1 N–H and O–H groups in total. The number of rotatable bonds is 3. The smallest absolute Gasteiger partial charge is 0.123 e. The maximum absolute atomic E-state index is 6.06. The summed E-state index contributed by atoms with van der Waals surface area (Å²) in [6.45, 7) is 3.32. The quantitative estimate of drug-likeness (QED) is 0.873. The van der Waals surface area contributed by atoms with Crippen molar-refractivity contribution < 1.29 is 4.74 Å². The molecule has 1 aliphatic heterocycles. The Bertz CT molecular complexity index is 367. The van der Waals surface area contributed by atoms with Gasteiger partial charge < -0.3 is 10.1 Å². The summed E-state index contributed by atoms with van der Waals surface area (Å²) in [6, 6.07) is 6.23. The molecule has 1 aromatic rings. The molecule has 0 spiro atoms. The molecule has 16 heavy (non-hydrogen) atoms. The van der Waals surface area contributed by atoms with Gasteiger partial charge in [-0.1, -0.05) is 24.9 Å². The number of nitrogens with one attached hydrogen (secondary N) is 1. The van der Waals surface area contributed by atoms with Gasteiger partial charge in [0.25, 0.3) is 0 Å². The van der Waals surface area contributed by atoms with Crippen LogP contribution in [-0.4, -0.2) is 13.7 Å². The fourth-order valence-electron chi connectivity index (χ4n) is 2.51. The minimum Gasteiger partial charge on any atom is -0.496 e. The van der Waals surface area contributed by atoms with Crippen LogP contribution in [0.25, 0.3) is 0 Å². The van der Waals surface area contributed by atoms with Crippen molar-refractivity contribution in [2.45, 2.75) is 25.8 Å². The normalized spacial score (nSPS) is 24.7. The van der Waals surface area contributed by atoms with Crippen LogP contribution in [0.1, 0.15) is 31.4 Å². The van der Waals surface area contributed by atoms with Crippen LogP contribution in [0.4, 0.5) is 0 Å². The van der Waals surface area contributed by atoms with Crippen LogP contribution in [0.15, 0.2) is 18.2 Å². The van der Waals surface area contributed by atoms with Crippen LogP contribution in [0.2, 0.25) is 5.02 Å². The first-order valence-corrected chi connectivity index (χ1v) is 6.21. The van der Waals surface area contributed by atoms with Crippen LogP contribution in [-0.2, 0) is 0 Å². The molecule has 0 saturated carbocycles. The molecular formula is C13H18ClNO. The second-order valence-electron chi connectivity index (χ2n) is 4.28. The van der Waals surface area contributed by atoms with Gasteiger partial charge in [0.1, 0.15) is 5.75 Å². The zero-order valence-electron chi connectivity index (χ0n) is 9.79. The zero-order valence-corrected chi connectivity index (χ0v) is 10.6. The second kappa shape index (κ2) is 5.07. The van der Waals surface area contributed by atoms with E-state index in [0.717, 1.165) is 17.3 Å². The highest BCUT2D eigenvalue weighted by atomic mass is 35.5. The van der Waals surface area contributed by atoms with E-state index in [-0.39, 0.29) is 0 Å².